The highest BCUT2D eigenvalue weighted by Crippen LogP contribution is 2.28. The van der Waals surface area contributed by atoms with Crippen LogP contribution in [0.4, 0.5) is 4.39 Å². The Labute approximate surface area is 141 Å². The van der Waals surface area contributed by atoms with Gasteiger partial charge in [0.15, 0.2) is 0 Å². The first kappa shape index (κ1) is 17.2. The maximum absolute atomic E-state index is 13.2. The molecule has 0 spiro atoms. The summed E-state index contributed by atoms with van der Waals surface area (Å²) >= 11 is 3.26. The third-order valence-electron chi connectivity index (χ3n) is 4.37. The molecule has 118 valence electrons. The summed E-state index contributed by atoms with van der Waals surface area (Å²) < 4.78 is 13.8. The minimum Gasteiger partial charge on any atom is -0.314 e. The number of likely N-dealkylation sites (tertiary alicyclic amines) is 1. The number of halogens is 3. The van der Waals surface area contributed by atoms with Crippen LogP contribution in [0.3, 0.4) is 0 Å². The van der Waals surface area contributed by atoms with Gasteiger partial charge >= 0.3 is 0 Å². The smallest absolute Gasteiger partial charge is 0.137 e. The topological polar surface area (TPSA) is 15.3 Å². The summed E-state index contributed by atoms with van der Waals surface area (Å²) in [6, 6.07) is 6.03. The van der Waals surface area contributed by atoms with Gasteiger partial charge in [0.25, 0.3) is 0 Å². The molecule has 1 saturated carbocycles. The van der Waals surface area contributed by atoms with Crippen LogP contribution in [0.1, 0.15) is 31.2 Å². The summed E-state index contributed by atoms with van der Waals surface area (Å²) in [6.07, 6.45) is 5.31. The van der Waals surface area contributed by atoms with E-state index in [9.17, 15) is 4.39 Å². The number of rotatable bonds is 5. The Morgan fingerprint density at radius 3 is 2.52 bits per heavy atom. The fourth-order valence-corrected chi connectivity index (χ4v) is 3.27. The Bertz CT molecular complexity index is 460. The maximum atomic E-state index is 13.2. The lowest BCUT2D eigenvalue weighted by atomic mass is 10.0. The van der Waals surface area contributed by atoms with Crippen molar-refractivity contribution in [2.75, 3.05) is 19.6 Å². The zero-order valence-electron chi connectivity index (χ0n) is 12.2. The molecule has 1 aliphatic carbocycles. The zero-order valence-corrected chi connectivity index (χ0v) is 14.6. The molecule has 2 aliphatic rings. The van der Waals surface area contributed by atoms with Crippen molar-refractivity contribution in [2.45, 2.75) is 38.3 Å². The molecule has 0 radical (unpaired) electrons. The van der Waals surface area contributed by atoms with Crippen molar-refractivity contribution in [3.63, 3.8) is 0 Å². The van der Waals surface area contributed by atoms with Crippen molar-refractivity contribution < 1.29 is 4.39 Å². The van der Waals surface area contributed by atoms with Crippen molar-refractivity contribution in [3.8, 4) is 0 Å². The van der Waals surface area contributed by atoms with Crippen LogP contribution in [0.2, 0.25) is 0 Å². The summed E-state index contributed by atoms with van der Waals surface area (Å²) in [5.74, 6) is 0.779. The number of benzene rings is 1. The third kappa shape index (κ3) is 5.20. The first-order valence-electron chi connectivity index (χ1n) is 7.60. The lowest BCUT2D eigenvalue weighted by Crippen LogP contribution is -2.42. The van der Waals surface area contributed by atoms with E-state index in [0.29, 0.717) is 10.5 Å². The lowest BCUT2D eigenvalue weighted by molar-refractivity contribution is 0.190. The fraction of sp³-hybridized carbons (Fsp3) is 0.625. The van der Waals surface area contributed by atoms with Gasteiger partial charge in [0, 0.05) is 12.6 Å². The van der Waals surface area contributed by atoms with Crippen LogP contribution >= 0.6 is 28.3 Å². The SMILES string of the molecule is Cl.Fc1ccc(CN2CCC(NCC3CC3)CC2)cc1Br. The van der Waals surface area contributed by atoms with Gasteiger partial charge in [0.1, 0.15) is 5.82 Å². The molecule has 2 nitrogen and oxygen atoms in total. The van der Waals surface area contributed by atoms with Crippen molar-refractivity contribution >= 4 is 28.3 Å². The second-order valence-corrected chi connectivity index (χ2v) is 7.00. The summed E-state index contributed by atoms with van der Waals surface area (Å²) in [4.78, 5) is 2.47. The molecule has 1 saturated heterocycles. The quantitative estimate of drug-likeness (QED) is 0.835. The van der Waals surface area contributed by atoms with E-state index in [0.717, 1.165) is 25.6 Å². The Hall–Kier alpha value is -0.160. The van der Waals surface area contributed by atoms with E-state index in [1.54, 1.807) is 6.07 Å². The average molecular weight is 378 g/mol. The molecule has 1 aliphatic heterocycles. The van der Waals surface area contributed by atoms with Gasteiger partial charge < -0.3 is 5.32 Å². The molecule has 1 heterocycles. The molecule has 0 atom stereocenters. The Morgan fingerprint density at radius 1 is 1.19 bits per heavy atom. The molecule has 2 fully saturated rings. The highest BCUT2D eigenvalue weighted by molar-refractivity contribution is 9.10. The monoisotopic (exact) mass is 376 g/mol. The number of hydrogen-bond acceptors (Lipinski definition) is 2. The summed E-state index contributed by atoms with van der Waals surface area (Å²) in [6.45, 7) is 4.42. The summed E-state index contributed by atoms with van der Waals surface area (Å²) in [5.41, 5.74) is 1.18. The van der Waals surface area contributed by atoms with E-state index >= 15 is 0 Å². The second kappa shape index (κ2) is 7.91. The largest absolute Gasteiger partial charge is 0.314 e. The van der Waals surface area contributed by atoms with Gasteiger partial charge in [-0.05, 0) is 84.9 Å². The minimum absolute atomic E-state index is 0. The zero-order chi connectivity index (χ0) is 13.9. The van der Waals surface area contributed by atoms with Gasteiger partial charge in [0.05, 0.1) is 4.47 Å². The highest BCUT2D eigenvalue weighted by atomic mass is 79.9. The van der Waals surface area contributed by atoms with Crippen LogP contribution in [0, 0.1) is 11.7 Å². The highest BCUT2D eigenvalue weighted by Gasteiger charge is 2.24. The molecule has 1 N–H and O–H groups in total. The molecule has 0 bridgehead atoms. The van der Waals surface area contributed by atoms with Gasteiger partial charge in [0.2, 0.25) is 0 Å². The van der Waals surface area contributed by atoms with E-state index < -0.39 is 0 Å². The van der Waals surface area contributed by atoms with Crippen molar-refractivity contribution in [2.24, 2.45) is 5.92 Å². The number of hydrogen-bond donors (Lipinski definition) is 1. The van der Waals surface area contributed by atoms with Gasteiger partial charge in [-0.15, -0.1) is 12.4 Å². The average Bonchev–Trinajstić information content (AvgIpc) is 3.26. The number of nitrogens with one attached hydrogen (secondary N) is 1. The van der Waals surface area contributed by atoms with E-state index in [-0.39, 0.29) is 18.2 Å². The number of piperidine rings is 1. The van der Waals surface area contributed by atoms with Gasteiger partial charge in [-0.1, -0.05) is 6.07 Å². The van der Waals surface area contributed by atoms with E-state index in [4.69, 9.17) is 0 Å². The molecule has 21 heavy (non-hydrogen) atoms. The Kier molecular flexibility index (Phi) is 6.48. The van der Waals surface area contributed by atoms with Crippen LogP contribution in [0.25, 0.3) is 0 Å². The first-order chi connectivity index (χ1) is 9.70. The summed E-state index contributed by atoms with van der Waals surface area (Å²) in [7, 11) is 0. The molecule has 1 aromatic rings. The fourth-order valence-electron chi connectivity index (χ4n) is 2.85. The second-order valence-electron chi connectivity index (χ2n) is 6.15. The number of nitrogens with zero attached hydrogens (tertiary/aromatic N) is 1. The van der Waals surface area contributed by atoms with Crippen LogP contribution in [-0.4, -0.2) is 30.6 Å². The van der Waals surface area contributed by atoms with E-state index in [1.165, 1.54) is 37.8 Å². The molecule has 5 heteroatoms. The van der Waals surface area contributed by atoms with E-state index in [2.05, 4.69) is 26.1 Å². The van der Waals surface area contributed by atoms with Crippen LogP contribution in [-0.2, 0) is 6.54 Å². The molecule has 0 amide bonds. The van der Waals surface area contributed by atoms with Gasteiger partial charge in [-0.2, -0.15) is 0 Å². The van der Waals surface area contributed by atoms with Gasteiger partial charge in [-0.3, -0.25) is 4.90 Å². The van der Waals surface area contributed by atoms with Gasteiger partial charge in [-0.25, -0.2) is 4.39 Å². The molecule has 1 aromatic carbocycles. The first-order valence-corrected chi connectivity index (χ1v) is 8.39. The molecular weight excluding hydrogens is 355 g/mol. The normalized spacial score (nSPS) is 20.3. The Balaban J connectivity index is 0.00000161. The van der Waals surface area contributed by atoms with E-state index in [1.807, 2.05) is 12.1 Å². The molecule has 3 rings (SSSR count). The van der Waals surface area contributed by atoms with Crippen molar-refractivity contribution in [1.82, 2.24) is 10.2 Å². The molecular formula is C16H23BrClFN2. The Morgan fingerprint density at radius 2 is 1.90 bits per heavy atom. The van der Waals surface area contributed by atoms with Crippen LogP contribution in [0.15, 0.2) is 22.7 Å². The predicted octanol–water partition coefficient (Wildman–Crippen LogP) is 3.97. The van der Waals surface area contributed by atoms with Crippen LogP contribution in [0.5, 0.6) is 0 Å². The minimum atomic E-state index is -0.184. The lowest BCUT2D eigenvalue weighted by Gasteiger charge is -2.32. The summed E-state index contributed by atoms with van der Waals surface area (Å²) in [5, 5.41) is 3.70. The third-order valence-corrected chi connectivity index (χ3v) is 4.98. The standard InChI is InChI=1S/C16H22BrFN2.ClH/c17-15-9-13(3-4-16(15)18)11-20-7-5-14(6-8-20)19-10-12-1-2-12;/h3-4,9,12,14,19H,1-2,5-8,10-11H2;1H. The van der Waals surface area contributed by atoms with Crippen molar-refractivity contribution in [1.29, 1.82) is 0 Å². The van der Waals surface area contributed by atoms with Crippen molar-refractivity contribution in [3.05, 3.63) is 34.1 Å². The predicted molar refractivity (Wildman–Crippen MR) is 90.4 cm³/mol. The van der Waals surface area contributed by atoms with Crippen LogP contribution < -0.4 is 5.32 Å². The molecule has 0 aromatic heterocycles. The molecule has 0 unspecified atom stereocenters. The maximum Gasteiger partial charge on any atom is 0.137 e.